The van der Waals surface area contributed by atoms with Crippen LogP contribution in [0, 0.1) is 17.1 Å². The average molecular weight is 370 g/mol. The van der Waals surface area contributed by atoms with Gasteiger partial charge in [-0.3, -0.25) is 9.17 Å². The average Bonchev–Trinajstić information content (AvgIpc) is 2.58. The van der Waals surface area contributed by atoms with Crippen LogP contribution >= 0.6 is 0 Å². The van der Waals surface area contributed by atoms with Crippen LogP contribution in [0.15, 0.2) is 48.7 Å². The number of aromatic nitrogens is 1. The highest BCUT2D eigenvalue weighted by Crippen LogP contribution is 2.37. The predicted molar refractivity (Wildman–Crippen MR) is 96.2 cm³/mol. The molecule has 0 N–H and O–H groups in total. The zero-order valence-electron chi connectivity index (χ0n) is 14.1. The minimum absolute atomic E-state index is 0.340. The molecule has 0 radical (unpaired) electrons. The third-order valence-corrected chi connectivity index (χ3v) is 4.55. The minimum atomic E-state index is -3.73. The number of pyridine rings is 1. The molecule has 0 fully saturated rings. The molecule has 0 saturated carbocycles. The summed E-state index contributed by atoms with van der Waals surface area (Å²) in [5.41, 5.74) is 2.33. The lowest BCUT2D eigenvalue weighted by Gasteiger charge is -2.19. The predicted octanol–water partition coefficient (Wildman–Crippen LogP) is 3.95. The molecule has 0 aliphatic carbocycles. The fourth-order valence-corrected chi connectivity index (χ4v) is 3.57. The standard InChI is InChI=1S/C19H15FN2O3S/c1-12(25-26(2,23)24)17-10-14(11-21)16-7-4-8-22-19(16)18(17)13-5-3-6-15(20)9-13/h3-10,12H,1-2H3. The summed E-state index contributed by atoms with van der Waals surface area (Å²) in [6.07, 6.45) is 1.65. The van der Waals surface area contributed by atoms with E-state index in [4.69, 9.17) is 4.18 Å². The van der Waals surface area contributed by atoms with E-state index in [2.05, 4.69) is 11.1 Å². The lowest BCUT2D eigenvalue weighted by molar-refractivity contribution is 0.237. The van der Waals surface area contributed by atoms with Gasteiger partial charge in [-0.05, 0) is 48.4 Å². The van der Waals surface area contributed by atoms with Gasteiger partial charge >= 0.3 is 0 Å². The van der Waals surface area contributed by atoms with E-state index in [1.807, 2.05) is 0 Å². The lowest BCUT2D eigenvalue weighted by atomic mass is 9.91. The van der Waals surface area contributed by atoms with Crippen molar-refractivity contribution in [1.29, 1.82) is 5.26 Å². The van der Waals surface area contributed by atoms with Crippen LogP contribution in [0.4, 0.5) is 4.39 Å². The van der Waals surface area contributed by atoms with Gasteiger partial charge in [0.2, 0.25) is 0 Å². The number of rotatable bonds is 4. The molecule has 0 aliphatic rings. The third-order valence-electron chi connectivity index (χ3n) is 3.91. The maximum absolute atomic E-state index is 13.8. The van der Waals surface area contributed by atoms with Crippen LogP contribution in [0.25, 0.3) is 22.0 Å². The highest BCUT2D eigenvalue weighted by molar-refractivity contribution is 7.86. The lowest BCUT2D eigenvalue weighted by Crippen LogP contribution is -2.09. The van der Waals surface area contributed by atoms with Crippen LogP contribution in [0.3, 0.4) is 0 Å². The van der Waals surface area contributed by atoms with Crippen molar-refractivity contribution in [2.24, 2.45) is 0 Å². The molecule has 2 aromatic carbocycles. The number of hydrogen-bond acceptors (Lipinski definition) is 5. The van der Waals surface area contributed by atoms with Crippen molar-refractivity contribution in [3.05, 3.63) is 65.6 Å². The molecular weight excluding hydrogens is 355 g/mol. The van der Waals surface area contributed by atoms with Crippen LogP contribution < -0.4 is 0 Å². The van der Waals surface area contributed by atoms with E-state index >= 15 is 0 Å². The van der Waals surface area contributed by atoms with Gasteiger partial charge in [-0.1, -0.05) is 12.1 Å². The van der Waals surface area contributed by atoms with Crippen molar-refractivity contribution >= 4 is 21.0 Å². The topological polar surface area (TPSA) is 80.0 Å². The zero-order valence-corrected chi connectivity index (χ0v) is 14.9. The quantitative estimate of drug-likeness (QED) is 0.650. The molecule has 1 aromatic heterocycles. The van der Waals surface area contributed by atoms with Crippen LogP contribution in [0.2, 0.25) is 0 Å². The molecule has 0 amide bonds. The fraction of sp³-hybridized carbons (Fsp3) is 0.158. The summed E-state index contributed by atoms with van der Waals surface area (Å²) in [5.74, 6) is -0.432. The molecule has 26 heavy (non-hydrogen) atoms. The molecule has 0 aliphatic heterocycles. The SMILES string of the molecule is CC(OS(C)(=O)=O)c1cc(C#N)c2cccnc2c1-c1cccc(F)c1. The summed E-state index contributed by atoms with van der Waals surface area (Å²) in [6.45, 7) is 1.56. The number of nitrogens with zero attached hydrogens (tertiary/aromatic N) is 2. The van der Waals surface area contributed by atoms with Crippen LogP contribution in [-0.2, 0) is 14.3 Å². The summed E-state index contributed by atoms with van der Waals surface area (Å²) in [5, 5.41) is 10.1. The maximum Gasteiger partial charge on any atom is 0.264 e. The van der Waals surface area contributed by atoms with Gasteiger partial charge in [0, 0.05) is 17.1 Å². The summed E-state index contributed by atoms with van der Waals surface area (Å²) in [6, 6.07) is 13.0. The maximum atomic E-state index is 13.8. The van der Waals surface area contributed by atoms with E-state index in [1.165, 1.54) is 12.1 Å². The number of fused-ring (bicyclic) bond motifs is 1. The molecule has 1 heterocycles. The van der Waals surface area contributed by atoms with E-state index in [9.17, 15) is 18.1 Å². The first-order valence-electron chi connectivity index (χ1n) is 7.76. The van der Waals surface area contributed by atoms with Crippen molar-refractivity contribution in [2.75, 3.05) is 6.26 Å². The van der Waals surface area contributed by atoms with E-state index in [0.717, 1.165) is 6.26 Å². The van der Waals surface area contributed by atoms with Gasteiger partial charge in [-0.15, -0.1) is 0 Å². The Morgan fingerprint density at radius 3 is 2.65 bits per heavy atom. The second-order valence-corrected chi connectivity index (χ2v) is 7.45. The summed E-state index contributed by atoms with van der Waals surface area (Å²) in [7, 11) is -3.73. The molecule has 3 aromatic rings. The Kier molecular flexibility index (Phi) is 4.72. The highest BCUT2D eigenvalue weighted by Gasteiger charge is 2.22. The van der Waals surface area contributed by atoms with Crippen molar-refractivity contribution in [3.8, 4) is 17.2 Å². The Morgan fingerprint density at radius 2 is 2.00 bits per heavy atom. The van der Waals surface area contributed by atoms with Crippen molar-refractivity contribution in [2.45, 2.75) is 13.0 Å². The summed E-state index contributed by atoms with van der Waals surface area (Å²) >= 11 is 0. The first kappa shape index (κ1) is 18.0. The van der Waals surface area contributed by atoms with Crippen molar-refractivity contribution < 1.29 is 17.0 Å². The van der Waals surface area contributed by atoms with Gasteiger partial charge in [-0.25, -0.2) is 4.39 Å². The molecule has 1 atom stereocenters. The second-order valence-electron chi connectivity index (χ2n) is 5.85. The van der Waals surface area contributed by atoms with Crippen LogP contribution in [-0.4, -0.2) is 19.7 Å². The van der Waals surface area contributed by atoms with Crippen LogP contribution in [0.5, 0.6) is 0 Å². The first-order valence-corrected chi connectivity index (χ1v) is 9.57. The van der Waals surface area contributed by atoms with Gasteiger partial charge in [0.15, 0.2) is 0 Å². The minimum Gasteiger partial charge on any atom is -0.262 e. The molecule has 3 rings (SSSR count). The largest absolute Gasteiger partial charge is 0.264 e. The van der Waals surface area contributed by atoms with Gasteiger partial charge in [-0.2, -0.15) is 13.7 Å². The van der Waals surface area contributed by atoms with Gasteiger partial charge < -0.3 is 0 Å². The molecule has 7 heteroatoms. The third kappa shape index (κ3) is 3.57. The second kappa shape index (κ2) is 6.83. The molecule has 1 unspecified atom stereocenters. The highest BCUT2D eigenvalue weighted by atomic mass is 32.2. The number of nitriles is 1. The van der Waals surface area contributed by atoms with Crippen molar-refractivity contribution in [3.63, 3.8) is 0 Å². The molecule has 132 valence electrons. The first-order chi connectivity index (χ1) is 12.3. The Bertz CT molecular complexity index is 1140. The van der Waals surface area contributed by atoms with Crippen LogP contribution in [0.1, 0.15) is 24.2 Å². The van der Waals surface area contributed by atoms with Gasteiger partial charge in [0.05, 0.1) is 29.5 Å². The Hall–Kier alpha value is -2.82. The van der Waals surface area contributed by atoms with E-state index in [1.54, 1.807) is 43.5 Å². The number of halogens is 1. The van der Waals surface area contributed by atoms with E-state index in [-0.39, 0.29) is 0 Å². The molecule has 0 spiro atoms. The summed E-state index contributed by atoms with van der Waals surface area (Å²) in [4.78, 5) is 4.36. The fourth-order valence-electron chi connectivity index (χ4n) is 2.94. The van der Waals surface area contributed by atoms with E-state index in [0.29, 0.717) is 33.2 Å². The normalized spacial score (nSPS) is 12.7. The molecule has 0 saturated heterocycles. The zero-order chi connectivity index (χ0) is 18.9. The monoisotopic (exact) mass is 370 g/mol. The number of hydrogen-bond donors (Lipinski definition) is 0. The number of benzene rings is 2. The van der Waals surface area contributed by atoms with E-state index < -0.39 is 22.0 Å². The van der Waals surface area contributed by atoms with Gasteiger partial charge in [0.1, 0.15) is 5.82 Å². The Morgan fingerprint density at radius 1 is 1.23 bits per heavy atom. The molecule has 5 nitrogen and oxygen atoms in total. The molecular formula is C19H15FN2O3S. The summed E-state index contributed by atoms with van der Waals surface area (Å²) < 4.78 is 42.1. The van der Waals surface area contributed by atoms with Crippen molar-refractivity contribution in [1.82, 2.24) is 4.98 Å². The smallest absolute Gasteiger partial charge is 0.262 e. The van der Waals surface area contributed by atoms with Gasteiger partial charge in [0.25, 0.3) is 10.1 Å². The molecule has 0 bridgehead atoms. The Labute approximate surface area is 150 Å². The Balaban J connectivity index is 2.39.